The highest BCUT2D eigenvalue weighted by Crippen LogP contribution is 2.11. The average Bonchev–Trinajstić information content (AvgIpc) is 2.42. The molecule has 0 aliphatic carbocycles. The lowest BCUT2D eigenvalue weighted by atomic mass is 10.4. The molecule has 1 fully saturated rings. The Morgan fingerprint density at radius 1 is 1.46 bits per heavy atom. The largest absolute Gasteiger partial charge is 0.289 e. The molecule has 0 aromatic heterocycles. The third-order valence-corrected chi connectivity index (χ3v) is 1.75. The van der Waals surface area contributed by atoms with E-state index in [-0.39, 0.29) is 19.4 Å². The monoisotopic (exact) mass is 204 g/mol. The molecule has 1 unspecified atom stereocenters. The maximum Gasteiger partial charge on any atom is 0.264 e. The van der Waals surface area contributed by atoms with Gasteiger partial charge in [0.25, 0.3) is 5.91 Å². The third-order valence-electron chi connectivity index (χ3n) is 1.58. The predicted octanol–water partition coefficient (Wildman–Crippen LogP) is -1.03. The summed E-state index contributed by atoms with van der Waals surface area (Å²) in [5, 5.41) is 2.20. The number of carbonyl (C=O) groups excluding carboxylic acids is 3. The molecule has 0 aromatic carbocycles. The Bertz CT molecular complexity index is 239. The van der Waals surface area contributed by atoms with E-state index in [4.69, 9.17) is 0 Å². The molecule has 1 aliphatic heterocycles. The minimum Gasteiger partial charge on any atom is -0.289 e. The van der Waals surface area contributed by atoms with E-state index in [0.29, 0.717) is 4.90 Å². The lowest BCUT2D eigenvalue weighted by Gasteiger charge is -2.10. The molecule has 13 heavy (non-hydrogen) atoms. The lowest BCUT2D eigenvalue weighted by Crippen LogP contribution is -2.38. The Balaban J connectivity index is 2.54. The van der Waals surface area contributed by atoms with Crippen molar-refractivity contribution in [1.29, 1.82) is 0 Å². The SMILES string of the molecule is O=C1CCC(=O)N1C(=O)CONP. The second-order valence-corrected chi connectivity index (χ2v) is 2.66. The highest BCUT2D eigenvalue weighted by atomic mass is 31.0. The van der Waals surface area contributed by atoms with Crippen molar-refractivity contribution in [3.05, 3.63) is 0 Å². The quantitative estimate of drug-likeness (QED) is 0.361. The number of amides is 3. The summed E-state index contributed by atoms with van der Waals surface area (Å²) < 4.78 is 0. The van der Waals surface area contributed by atoms with Crippen LogP contribution in [0.5, 0.6) is 0 Å². The zero-order chi connectivity index (χ0) is 9.84. The van der Waals surface area contributed by atoms with Gasteiger partial charge < -0.3 is 0 Å². The number of likely N-dealkylation sites (tertiary alicyclic amines) is 1. The van der Waals surface area contributed by atoms with Crippen LogP contribution < -0.4 is 5.25 Å². The first kappa shape index (κ1) is 10.2. The molecular weight excluding hydrogens is 195 g/mol. The molecule has 1 aliphatic rings. The number of hydrogen-bond acceptors (Lipinski definition) is 5. The molecular formula is C6H9N2O4P. The Morgan fingerprint density at radius 2 is 2.00 bits per heavy atom. The number of imide groups is 3. The first-order chi connectivity index (χ1) is 6.16. The van der Waals surface area contributed by atoms with Crippen molar-refractivity contribution in [3.8, 4) is 0 Å². The molecule has 1 rings (SSSR count). The van der Waals surface area contributed by atoms with E-state index < -0.39 is 17.7 Å². The van der Waals surface area contributed by atoms with Crippen LogP contribution in [0.4, 0.5) is 0 Å². The zero-order valence-corrected chi connectivity index (χ0v) is 7.93. The normalized spacial score (nSPS) is 16.8. The highest BCUT2D eigenvalue weighted by Gasteiger charge is 2.34. The van der Waals surface area contributed by atoms with Gasteiger partial charge in [0.2, 0.25) is 11.8 Å². The smallest absolute Gasteiger partial charge is 0.264 e. The van der Waals surface area contributed by atoms with E-state index in [1.807, 2.05) is 9.39 Å². The first-order valence-corrected chi connectivity index (χ1v) is 4.20. The van der Waals surface area contributed by atoms with Gasteiger partial charge in [0, 0.05) is 12.8 Å². The molecule has 6 nitrogen and oxygen atoms in total. The van der Waals surface area contributed by atoms with Crippen LogP contribution in [0.15, 0.2) is 0 Å². The third kappa shape index (κ3) is 2.30. The summed E-state index contributed by atoms with van der Waals surface area (Å²) in [6, 6.07) is 0. The van der Waals surface area contributed by atoms with Crippen molar-refractivity contribution in [2.24, 2.45) is 0 Å². The molecule has 3 amide bonds. The van der Waals surface area contributed by atoms with Crippen LogP contribution in [0, 0.1) is 0 Å². The van der Waals surface area contributed by atoms with E-state index in [1.54, 1.807) is 0 Å². The van der Waals surface area contributed by atoms with E-state index >= 15 is 0 Å². The molecule has 0 saturated carbocycles. The van der Waals surface area contributed by atoms with Crippen molar-refractivity contribution in [2.75, 3.05) is 6.61 Å². The van der Waals surface area contributed by atoms with E-state index in [0.717, 1.165) is 0 Å². The van der Waals surface area contributed by atoms with E-state index in [2.05, 4.69) is 10.1 Å². The second-order valence-electron chi connectivity index (χ2n) is 2.42. The summed E-state index contributed by atoms with van der Waals surface area (Å²) >= 11 is 0. The maximum absolute atomic E-state index is 11.1. The van der Waals surface area contributed by atoms with Gasteiger partial charge in [-0.05, 0) is 9.39 Å². The number of hydrogen-bond donors (Lipinski definition) is 1. The number of carbonyl (C=O) groups is 3. The number of nitrogens with one attached hydrogen (secondary N) is 1. The Labute approximate surface area is 76.8 Å². The van der Waals surface area contributed by atoms with Gasteiger partial charge >= 0.3 is 0 Å². The van der Waals surface area contributed by atoms with Crippen LogP contribution in [0.1, 0.15) is 12.8 Å². The van der Waals surface area contributed by atoms with Crippen molar-refractivity contribution < 1.29 is 19.2 Å². The highest BCUT2D eigenvalue weighted by molar-refractivity contribution is 7.13. The molecule has 1 saturated heterocycles. The average molecular weight is 204 g/mol. The van der Waals surface area contributed by atoms with Crippen molar-refractivity contribution in [3.63, 3.8) is 0 Å². The van der Waals surface area contributed by atoms with Gasteiger partial charge in [-0.3, -0.25) is 19.2 Å². The standard InChI is InChI=1S/C6H9N2O4P/c9-4-1-2-5(10)8(4)6(11)3-12-7-13/h7H,1-3,13H2. The summed E-state index contributed by atoms with van der Waals surface area (Å²) in [6.45, 7) is -0.332. The Morgan fingerprint density at radius 3 is 2.46 bits per heavy atom. The van der Waals surface area contributed by atoms with E-state index in [1.165, 1.54) is 0 Å². The minimum absolute atomic E-state index is 0.110. The van der Waals surface area contributed by atoms with Crippen LogP contribution in [0.25, 0.3) is 0 Å². The van der Waals surface area contributed by atoms with Crippen LogP contribution in [-0.2, 0) is 19.2 Å². The van der Waals surface area contributed by atoms with Gasteiger partial charge in [0.1, 0.15) is 6.61 Å². The zero-order valence-electron chi connectivity index (χ0n) is 6.78. The minimum atomic E-state index is -0.637. The van der Waals surface area contributed by atoms with Gasteiger partial charge in [-0.25, -0.2) is 4.90 Å². The van der Waals surface area contributed by atoms with Gasteiger partial charge in [0.15, 0.2) is 0 Å². The molecule has 0 spiro atoms. The molecule has 0 bridgehead atoms. The number of rotatable bonds is 3. The lowest BCUT2D eigenvalue weighted by molar-refractivity contribution is -0.152. The van der Waals surface area contributed by atoms with Gasteiger partial charge in [-0.1, -0.05) is 0 Å². The fraction of sp³-hybridized carbons (Fsp3) is 0.500. The molecule has 0 radical (unpaired) electrons. The summed E-state index contributed by atoms with van der Waals surface area (Å²) in [7, 11) is 2.03. The number of nitrogens with zero attached hydrogens (tertiary/aromatic N) is 1. The van der Waals surface area contributed by atoms with Crippen LogP contribution in [-0.4, -0.2) is 29.2 Å². The molecule has 1 N–H and O–H groups in total. The summed E-state index contributed by atoms with van der Waals surface area (Å²) in [5.74, 6) is -1.55. The van der Waals surface area contributed by atoms with Crippen molar-refractivity contribution in [1.82, 2.24) is 10.2 Å². The van der Waals surface area contributed by atoms with Crippen molar-refractivity contribution in [2.45, 2.75) is 12.8 Å². The molecule has 1 heterocycles. The van der Waals surface area contributed by atoms with Gasteiger partial charge in [-0.2, -0.15) is 5.25 Å². The summed E-state index contributed by atoms with van der Waals surface area (Å²) in [4.78, 5) is 38.3. The summed E-state index contributed by atoms with van der Waals surface area (Å²) in [5.41, 5.74) is 0. The predicted molar refractivity (Wildman–Crippen MR) is 44.9 cm³/mol. The molecule has 7 heteroatoms. The molecule has 1 atom stereocenters. The second kappa shape index (κ2) is 4.41. The molecule has 72 valence electrons. The van der Waals surface area contributed by atoms with Gasteiger partial charge in [-0.15, -0.1) is 0 Å². The topological polar surface area (TPSA) is 75.7 Å². The Hall–Kier alpha value is -0.840. The summed E-state index contributed by atoms with van der Waals surface area (Å²) in [6.07, 6.45) is 0.220. The van der Waals surface area contributed by atoms with Crippen LogP contribution in [0.3, 0.4) is 0 Å². The van der Waals surface area contributed by atoms with Gasteiger partial charge in [0.05, 0.1) is 0 Å². The Kier molecular flexibility index (Phi) is 3.48. The fourth-order valence-electron chi connectivity index (χ4n) is 1.02. The molecule has 0 aromatic rings. The fourth-order valence-corrected chi connectivity index (χ4v) is 1.11. The van der Waals surface area contributed by atoms with E-state index in [9.17, 15) is 14.4 Å². The first-order valence-electron chi connectivity index (χ1n) is 3.63. The van der Waals surface area contributed by atoms with Crippen molar-refractivity contribution >= 4 is 27.1 Å². The van der Waals surface area contributed by atoms with Crippen LogP contribution in [0.2, 0.25) is 0 Å². The maximum atomic E-state index is 11.1. The van der Waals surface area contributed by atoms with Crippen LogP contribution >= 0.6 is 9.39 Å².